The second-order valence-corrected chi connectivity index (χ2v) is 8.30. The molecule has 0 spiro atoms. The number of Topliss-reactive ketones (excluding diaryl/α,β-unsaturated/α-hetero) is 1. The maximum Gasteiger partial charge on any atom is 0.231 e. The molecular formula is C26H24N2O3. The molecule has 0 atom stereocenters. The van der Waals surface area contributed by atoms with Gasteiger partial charge in [-0.05, 0) is 46.9 Å². The van der Waals surface area contributed by atoms with Gasteiger partial charge in [0.1, 0.15) is 18.2 Å². The van der Waals surface area contributed by atoms with Gasteiger partial charge in [-0.3, -0.25) is 14.7 Å². The monoisotopic (exact) mass is 412 g/mol. The summed E-state index contributed by atoms with van der Waals surface area (Å²) < 4.78 is 12.0. The molecule has 0 fully saturated rings. The Morgan fingerprint density at radius 2 is 1.97 bits per heavy atom. The van der Waals surface area contributed by atoms with E-state index >= 15 is 0 Å². The van der Waals surface area contributed by atoms with Gasteiger partial charge in [0.2, 0.25) is 5.78 Å². The summed E-state index contributed by atoms with van der Waals surface area (Å²) in [5.41, 5.74) is 4.84. The number of aromatic nitrogens is 1. The van der Waals surface area contributed by atoms with Gasteiger partial charge in [-0.15, -0.1) is 0 Å². The Morgan fingerprint density at radius 1 is 1.13 bits per heavy atom. The van der Waals surface area contributed by atoms with Crippen molar-refractivity contribution < 1.29 is 14.3 Å². The number of carbonyl (C=O) groups is 1. The van der Waals surface area contributed by atoms with Crippen LogP contribution in [0.2, 0.25) is 0 Å². The first-order valence-electron chi connectivity index (χ1n) is 10.5. The number of ketones is 1. The van der Waals surface area contributed by atoms with Gasteiger partial charge >= 0.3 is 0 Å². The number of carbonyl (C=O) groups excluding carboxylic acids is 1. The van der Waals surface area contributed by atoms with Crippen LogP contribution in [0, 0.1) is 0 Å². The number of allylic oxidation sites excluding steroid dienone is 1. The molecule has 3 aromatic rings. The van der Waals surface area contributed by atoms with Crippen LogP contribution < -0.4 is 9.47 Å². The maximum absolute atomic E-state index is 13.0. The summed E-state index contributed by atoms with van der Waals surface area (Å²) in [4.78, 5) is 19.3. The fraction of sp³-hybridized carbons (Fsp3) is 0.231. The van der Waals surface area contributed by atoms with Crippen LogP contribution in [-0.2, 0) is 13.1 Å². The lowest BCUT2D eigenvalue weighted by molar-refractivity contribution is 0.0872. The molecule has 1 aromatic heterocycles. The number of hydrogen-bond donors (Lipinski definition) is 0. The van der Waals surface area contributed by atoms with Gasteiger partial charge in [-0.25, -0.2) is 0 Å². The molecule has 2 aromatic carbocycles. The number of ether oxygens (including phenoxy) is 2. The molecular weight excluding hydrogens is 388 g/mol. The van der Waals surface area contributed by atoms with Crippen LogP contribution in [0.4, 0.5) is 0 Å². The number of benzene rings is 2. The Balaban J connectivity index is 1.40. The second-order valence-electron chi connectivity index (χ2n) is 8.30. The number of hydrogen-bond acceptors (Lipinski definition) is 5. The minimum atomic E-state index is -0.0879. The molecule has 3 heterocycles. The van der Waals surface area contributed by atoms with Crippen molar-refractivity contribution in [2.45, 2.75) is 32.9 Å². The highest BCUT2D eigenvalue weighted by molar-refractivity contribution is 6.15. The Hall–Kier alpha value is -3.44. The van der Waals surface area contributed by atoms with Crippen molar-refractivity contribution in [1.29, 1.82) is 0 Å². The minimum Gasteiger partial charge on any atom is -0.478 e. The van der Waals surface area contributed by atoms with E-state index in [2.05, 4.69) is 35.9 Å². The third kappa shape index (κ3) is 3.84. The topological polar surface area (TPSA) is 51.7 Å². The molecule has 5 rings (SSSR count). The minimum absolute atomic E-state index is 0.0879. The predicted molar refractivity (Wildman–Crippen MR) is 119 cm³/mol. The molecule has 0 amide bonds. The van der Waals surface area contributed by atoms with Gasteiger partial charge in [0.05, 0.1) is 11.1 Å². The zero-order valence-electron chi connectivity index (χ0n) is 17.7. The third-order valence-electron chi connectivity index (χ3n) is 5.71. The molecule has 2 aliphatic heterocycles. The van der Waals surface area contributed by atoms with E-state index in [1.165, 1.54) is 5.56 Å². The Morgan fingerprint density at radius 3 is 2.71 bits per heavy atom. The summed E-state index contributed by atoms with van der Waals surface area (Å²) in [6, 6.07) is 15.9. The van der Waals surface area contributed by atoms with E-state index in [-0.39, 0.29) is 5.78 Å². The molecule has 0 saturated carbocycles. The van der Waals surface area contributed by atoms with Crippen molar-refractivity contribution in [3.8, 4) is 11.5 Å². The zero-order valence-corrected chi connectivity index (χ0v) is 17.7. The molecule has 2 aliphatic rings. The fourth-order valence-corrected chi connectivity index (χ4v) is 3.98. The van der Waals surface area contributed by atoms with E-state index in [1.54, 1.807) is 12.3 Å². The van der Waals surface area contributed by atoms with Crippen LogP contribution in [0.1, 0.15) is 52.4 Å². The van der Waals surface area contributed by atoms with Crippen LogP contribution in [-0.4, -0.2) is 22.4 Å². The number of pyridine rings is 1. The smallest absolute Gasteiger partial charge is 0.231 e. The lowest BCUT2D eigenvalue weighted by Gasteiger charge is -2.29. The van der Waals surface area contributed by atoms with Crippen molar-refractivity contribution in [3.63, 3.8) is 0 Å². The van der Waals surface area contributed by atoms with E-state index in [0.29, 0.717) is 36.3 Å². The van der Waals surface area contributed by atoms with Gasteiger partial charge in [0.15, 0.2) is 5.76 Å². The average molecular weight is 412 g/mol. The summed E-state index contributed by atoms with van der Waals surface area (Å²) in [7, 11) is 0. The molecule has 0 saturated heterocycles. The quantitative estimate of drug-likeness (QED) is 0.553. The lowest BCUT2D eigenvalue weighted by Crippen LogP contribution is -2.31. The molecule has 0 radical (unpaired) electrons. The summed E-state index contributed by atoms with van der Waals surface area (Å²) in [6.45, 7) is 6.18. The average Bonchev–Trinajstić information content (AvgIpc) is 3.10. The van der Waals surface area contributed by atoms with Gasteiger partial charge in [-0.2, -0.15) is 0 Å². The highest BCUT2D eigenvalue weighted by atomic mass is 16.5. The second kappa shape index (κ2) is 8.00. The molecule has 0 bridgehead atoms. The van der Waals surface area contributed by atoms with Crippen LogP contribution in [0.5, 0.6) is 11.5 Å². The van der Waals surface area contributed by atoms with E-state index in [0.717, 1.165) is 29.0 Å². The van der Waals surface area contributed by atoms with Crippen molar-refractivity contribution in [1.82, 2.24) is 9.88 Å². The lowest BCUT2D eigenvalue weighted by atomic mass is 10.0. The fourth-order valence-electron chi connectivity index (χ4n) is 3.98. The standard InChI is InChI=1S/C26H24N2O3/c1-17(2)20-7-5-18(6-8-20)12-24-25(29)21-9-10-23-22(26(21)31-24)15-28(16-30-23)14-19-4-3-11-27-13-19/h3-13,17H,14-16H2,1-2H3/b24-12-. The SMILES string of the molecule is CC(C)c1ccc(/C=C2\Oc3c(ccc4c3CN(Cc3cccnc3)CO4)C2=O)cc1. The van der Waals surface area contributed by atoms with Crippen LogP contribution in [0.25, 0.3) is 6.08 Å². The third-order valence-corrected chi connectivity index (χ3v) is 5.71. The van der Waals surface area contributed by atoms with Gasteiger partial charge < -0.3 is 9.47 Å². The zero-order chi connectivity index (χ0) is 21.4. The van der Waals surface area contributed by atoms with E-state index < -0.39 is 0 Å². The maximum atomic E-state index is 13.0. The van der Waals surface area contributed by atoms with E-state index in [1.807, 2.05) is 42.6 Å². The van der Waals surface area contributed by atoms with Crippen molar-refractivity contribution >= 4 is 11.9 Å². The van der Waals surface area contributed by atoms with E-state index in [4.69, 9.17) is 9.47 Å². The summed E-state index contributed by atoms with van der Waals surface area (Å²) in [5, 5.41) is 0. The summed E-state index contributed by atoms with van der Waals surface area (Å²) in [5.74, 6) is 2.12. The molecule has 31 heavy (non-hydrogen) atoms. The largest absolute Gasteiger partial charge is 0.478 e. The van der Waals surface area contributed by atoms with Crippen molar-refractivity contribution in [3.05, 3.63) is 94.5 Å². The predicted octanol–water partition coefficient (Wildman–Crippen LogP) is 5.17. The van der Waals surface area contributed by atoms with Crippen molar-refractivity contribution in [2.75, 3.05) is 6.73 Å². The summed E-state index contributed by atoms with van der Waals surface area (Å²) >= 11 is 0. The van der Waals surface area contributed by atoms with Gasteiger partial charge in [0.25, 0.3) is 0 Å². The van der Waals surface area contributed by atoms with Crippen LogP contribution >= 0.6 is 0 Å². The van der Waals surface area contributed by atoms with E-state index in [9.17, 15) is 4.79 Å². The highest BCUT2D eigenvalue weighted by Gasteiger charge is 2.33. The molecule has 0 aliphatic carbocycles. The Labute approximate surface area is 181 Å². The normalized spacial score (nSPS) is 16.7. The molecule has 0 unspecified atom stereocenters. The number of nitrogens with zero attached hydrogens (tertiary/aromatic N) is 2. The molecule has 5 heteroatoms. The first kappa shape index (κ1) is 19.5. The molecule has 156 valence electrons. The molecule has 5 nitrogen and oxygen atoms in total. The molecule has 0 N–H and O–H groups in total. The highest BCUT2D eigenvalue weighted by Crippen LogP contribution is 2.42. The number of rotatable bonds is 4. The summed E-state index contributed by atoms with van der Waals surface area (Å²) in [6.07, 6.45) is 5.44. The Bertz CT molecular complexity index is 1150. The van der Waals surface area contributed by atoms with Gasteiger partial charge in [-0.1, -0.05) is 44.2 Å². The first-order valence-corrected chi connectivity index (χ1v) is 10.5. The van der Waals surface area contributed by atoms with Gasteiger partial charge in [0, 0.05) is 25.5 Å². The van der Waals surface area contributed by atoms with Crippen LogP contribution in [0.3, 0.4) is 0 Å². The van der Waals surface area contributed by atoms with Crippen molar-refractivity contribution in [2.24, 2.45) is 0 Å². The van der Waals surface area contributed by atoms with Crippen LogP contribution in [0.15, 0.2) is 66.7 Å². The Kier molecular flexibility index (Phi) is 5.04. The number of fused-ring (bicyclic) bond motifs is 3. The first-order chi connectivity index (χ1) is 15.1.